The van der Waals surface area contributed by atoms with Gasteiger partial charge in [0.2, 0.25) is 5.91 Å². The predicted molar refractivity (Wildman–Crippen MR) is 96.1 cm³/mol. The van der Waals surface area contributed by atoms with Gasteiger partial charge in [-0.05, 0) is 61.2 Å². The number of benzene rings is 2. The molecule has 2 aromatic rings. The maximum Gasteiger partial charge on any atom is 0.226 e. The van der Waals surface area contributed by atoms with E-state index in [9.17, 15) is 9.18 Å². The average molecular weight is 337 g/mol. The van der Waals surface area contributed by atoms with Crippen molar-refractivity contribution >= 4 is 17.3 Å². The number of carbonyl (C=O) groups excluding carboxylic acids is 1. The van der Waals surface area contributed by atoms with Crippen LogP contribution >= 0.6 is 0 Å². The van der Waals surface area contributed by atoms with E-state index in [1.807, 2.05) is 24.0 Å². The number of nitrogens with one attached hydrogen (secondary N) is 1. The van der Waals surface area contributed by atoms with E-state index in [2.05, 4.69) is 5.32 Å². The van der Waals surface area contributed by atoms with Gasteiger partial charge in [-0.2, -0.15) is 5.26 Å². The van der Waals surface area contributed by atoms with E-state index in [0.717, 1.165) is 30.5 Å². The molecule has 2 aromatic carbocycles. The van der Waals surface area contributed by atoms with Gasteiger partial charge >= 0.3 is 0 Å². The summed E-state index contributed by atoms with van der Waals surface area (Å²) in [6.45, 7) is 3.24. The van der Waals surface area contributed by atoms with Gasteiger partial charge in [0.25, 0.3) is 0 Å². The molecule has 1 aliphatic rings. The van der Waals surface area contributed by atoms with Crippen LogP contribution < -0.4 is 10.2 Å². The summed E-state index contributed by atoms with van der Waals surface area (Å²) in [5.41, 5.74) is 4.01. The smallest absolute Gasteiger partial charge is 0.226 e. The van der Waals surface area contributed by atoms with Gasteiger partial charge in [0, 0.05) is 25.2 Å². The molecular weight excluding hydrogens is 317 g/mol. The molecule has 1 aliphatic heterocycles. The first-order valence-corrected chi connectivity index (χ1v) is 8.41. The molecule has 0 saturated heterocycles. The third-order valence-corrected chi connectivity index (χ3v) is 4.55. The van der Waals surface area contributed by atoms with Gasteiger partial charge in [-0.3, -0.25) is 4.79 Å². The topological polar surface area (TPSA) is 56.1 Å². The van der Waals surface area contributed by atoms with Gasteiger partial charge < -0.3 is 10.2 Å². The molecule has 0 aromatic heterocycles. The Morgan fingerprint density at radius 1 is 1.28 bits per heavy atom. The standard InChI is InChI=1S/C20H20FN3O/c1-14-4-9-18(21)20-17(14)3-2-11-24(20)12-10-19(25)23-16-7-5-15(13-22)6-8-16/h4-9H,2-3,10-12H2,1H3,(H,23,25). The fourth-order valence-corrected chi connectivity index (χ4v) is 3.24. The highest BCUT2D eigenvalue weighted by Gasteiger charge is 2.22. The van der Waals surface area contributed by atoms with Crippen LogP contribution in [0.3, 0.4) is 0 Å². The van der Waals surface area contributed by atoms with Gasteiger partial charge in [0.05, 0.1) is 17.3 Å². The maximum absolute atomic E-state index is 14.3. The van der Waals surface area contributed by atoms with Gasteiger partial charge in [-0.15, -0.1) is 0 Å². The van der Waals surface area contributed by atoms with E-state index in [0.29, 0.717) is 23.5 Å². The zero-order chi connectivity index (χ0) is 17.8. The average Bonchev–Trinajstić information content (AvgIpc) is 2.63. The number of rotatable bonds is 4. The third-order valence-electron chi connectivity index (χ3n) is 4.55. The number of nitrogens with zero attached hydrogens (tertiary/aromatic N) is 2. The number of halogens is 1. The van der Waals surface area contributed by atoms with Crippen molar-refractivity contribution in [1.82, 2.24) is 0 Å². The lowest BCUT2D eigenvalue weighted by molar-refractivity contribution is -0.116. The molecule has 0 saturated carbocycles. The van der Waals surface area contributed by atoms with Crippen molar-refractivity contribution < 1.29 is 9.18 Å². The second-order valence-electron chi connectivity index (χ2n) is 6.27. The molecule has 0 radical (unpaired) electrons. The molecule has 4 nitrogen and oxygen atoms in total. The molecule has 0 fully saturated rings. The Bertz CT molecular complexity index is 824. The minimum Gasteiger partial charge on any atom is -0.368 e. The van der Waals surface area contributed by atoms with Crippen molar-refractivity contribution in [2.75, 3.05) is 23.3 Å². The SMILES string of the molecule is Cc1ccc(F)c2c1CCCN2CCC(=O)Nc1ccc(C#N)cc1. The summed E-state index contributed by atoms with van der Waals surface area (Å²) >= 11 is 0. The van der Waals surface area contributed by atoms with Crippen LogP contribution in [0.2, 0.25) is 0 Å². The number of hydrogen-bond donors (Lipinski definition) is 1. The minimum absolute atomic E-state index is 0.120. The number of amides is 1. The number of anilines is 2. The summed E-state index contributed by atoms with van der Waals surface area (Å²) in [6, 6.07) is 12.1. The van der Waals surface area contributed by atoms with Crippen LogP contribution in [0, 0.1) is 24.1 Å². The molecule has 5 heteroatoms. The summed E-state index contributed by atoms with van der Waals surface area (Å²) in [5.74, 6) is -0.335. The van der Waals surface area contributed by atoms with E-state index >= 15 is 0 Å². The summed E-state index contributed by atoms with van der Waals surface area (Å²) in [4.78, 5) is 14.1. The van der Waals surface area contributed by atoms with Gasteiger partial charge in [0.15, 0.2) is 0 Å². The van der Waals surface area contributed by atoms with Crippen LogP contribution in [0.15, 0.2) is 36.4 Å². The molecule has 1 amide bonds. The molecule has 0 bridgehead atoms. The lowest BCUT2D eigenvalue weighted by Gasteiger charge is -2.32. The van der Waals surface area contributed by atoms with Crippen molar-refractivity contribution in [3.05, 3.63) is 58.9 Å². The Labute approximate surface area is 146 Å². The number of carbonyl (C=O) groups is 1. The second kappa shape index (κ2) is 7.35. The Morgan fingerprint density at radius 2 is 2.04 bits per heavy atom. The monoisotopic (exact) mass is 337 g/mol. The van der Waals surface area contributed by atoms with Gasteiger partial charge in [-0.1, -0.05) is 6.07 Å². The van der Waals surface area contributed by atoms with Crippen LogP contribution in [-0.4, -0.2) is 19.0 Å². The first-order valence-electron chi connectivity index (χ1n) is 8.41. The quantitative estimate of drug-likeness (QED) is 0.923. The van der Waals surface area contributed by atoms with Crippen LogP contribution in [0.4, 0.5) is 15.8 Å². The molecule has 0 atom stereocenters. The summed E-state index contributed by atoms with van der Waals surface area (Å²) in [5, 5.41) is 11.6. The van der Waals surface area contributed by atoms with E-state index in [-0.39, 0.29) is 18.1 Å². The number of nitriles is 1. The molecule has 0 aliphatic carbocycles. The van der Waals surface area contributed by atoms with Crippen molar-refractivity contribution in [3.63, 3.8) is 0 Å². The molecule has 128 valence electrons. The normalized spacial score (nSPS) is 13.1. The van der Waals surface area contributed by atoms with Crippen molar-refractivity contribution in [2.24, 2.45) is 0 Å². The first-order chi connectivity index (χ1) is 12.1. The van der Waals surface area contributed by atoms with Crippen LogP contribution in [0.1, 0.15) is 29.5 Å². The molecule has 3 rings (SSSR count). The van der Waals surface area contributed by atoms with E-state index in [1.165, 1.54) is 6.07 Å². The van der Waals surface area contributed by atoms with E-state index in [1.54, 1.807) is 24.3 Å². The predicted octanol–water partition coefficient (Wildman–Crippen LogP) is 3.79. The Morgan fingerprint density at radius 3 is 2.76 bits per heavy atom. The number of fused-ring (bicyclic) bond motifs is 1. The number of aryl methyl sites for hydroxylation is 1. The van der Waals surface area contributed by atoms with Gasteiger partial charge in [-0.25, -0.2) is 4.39 Å². The summed E-state index contributed by atoms with van der Waals surface area (Å²) < 4.78 is 14.3. The van der Waals surface area contributed by atoms with Gasteiger partial charge in [0.1, 0.15) is 5.82 Å². The fourth-order valence-electron chi connectivity index (χ4n) is 3.24. The zero-order valence-corrected chi connectivity index (χ0v) is 14.2. The lowest BCUT2D eigenvalue weighted by atomic mass is 9.96. The highest BCUT2D eigenvalue weighted by molar-refractivity contribution is 5.91. The molecule has 25 heavy (non-hydrogen) atoms. The van der Waals surface area contributed by atoms with Crippen LogP contribution in [0.25, 0.3) is 0 Å². The van der Waals surface area contributed by atoms with Crippen molar-refractivity contribution in [3.8, 4) is 6.07 Å². The van der Waals surface area contributed by atoms with Crippen LogP contribution in [-0.2, 0) is 11.2 Å². The Kier molecular flexibility index (Phi) is 4.99. The van der Waals surface area contributed by atoms with E-state index < -0.39 is 0 Å². The van der Waals surface area contributed by atoms with Crippen molar-refractivity contribution in [2.45, 2.75) is 26.2 Å². The molecule has 1 N–H and O–H groups in total. The Balaban J connectivity index is 1.64. The first kappa shape index (κ1) is 17.0. The Hall–Kier alpha value is -2.87. The summed E-state index contributed by atoms with van der Waals surface area (Å²) in [7, 11) is 0. The minimum atomic E-state index is -0.215. The fraction of sp³-hybridized carbons (Fsp3) is 0.300. The lowest BCUT2D eigenvalue weighted by Crippen LogP contribution is -2.33. The highest BCUT2D eigenvalue weighted by Crippen LogP contribution is 2.32. The zero-order valence-electron chi connectivity index (χ0n) is 14.2. The summed E-state index contributed by atoms with van der Waals surface area (Å²) in [6.07, 6.45) is 2.13. The second-order valence-corrected chi connectivity index (χ2v) is 6.27. The third kappa shape index (κ3) is 3.80. The largest absolute Gasteiger partial charge is 0.368 e. The van der Waals surface area contributed by atoms with Crippen molar-refractivity contribution in [1.29, 1.82) is 5.26 Å². The maximum atomic E-state index is 14.3. The molecule has 0 unspecified atom stereocenters. The van der Waals surface area contributed by atoms with Crippen LogP contribution in [0.5, 0.6) is 0 Å². The molecular formula is C20H20FN3O. The molecule has 0 spiro atoms. The molecule has 1 heterocycles. The van der Waals surface area contributed by atoms with E-state index in [4.69, 9.17) is 5.26 Å². The highest BCUT2D eigenvalue weighted by atomic mass is 19.1. The number of hydrogen-bond acceptors (Lipinski definition) is 3.